The number of halogens is 2. The molecule has 108 valence electrons. The van der Waals surface area contributed by atoms with Gasteiger partial charge in [0.25, 0.3) is 0 Å². The van der Waals surface area contributed by atoms with Crippen LogP contribution in [0, 0.1) is 9.49 Å². The number of rotatable bonds is 2. The van der Waals surface area contributed by atoms with Crippen LogP contribution in [0.15, 0.2) is 18.2 Å². The van der Waals surface area contributed by atoms with Crippen LogP contribution in [-0.4, -0.2) is 35.1 Å². The molecule has 2 rings (SSSR count). The van der Waals surface area contributed by atoms with Gasteiger partial charge >= 0.3 is 12.0 Å². The number of carboxylic acid groups (broad SMARTS) is 1. The Bertz CT molecular complexity index is 530. The Balaban J connectivity index is 1.94. The summed E-state index contributed by atoms with van der Waals surface area (Å²) in [5.41, 5.74) is 0.709. The van der Waals surface area contributed by atoms with E-state index in [-0.39, 0.29) is 11.9 Å². The number of anilines is 1. The van der Waals surface area contributed by atoms with Crippen molar-refractivity contribution in [2.75, 3.05) is 18.4 Å². The van der Waals surface area contributed by atoms with E-state index in [1.54, 1.807) is 23.1 Å². The van der Waals surface area contributed by atoms with Crippen LogP contribution < -0.4 is 5.32 Å². The molecule has 5 nitrogen and oxygen atoms in total. The minimum absolute atomic E-state index is 0.200. The number of piperidine rings is 1. The second kappa shape index (κ2) is 6.62. The van der Waals surface area contributed by atoms with Crippen molar-refractivity contribution in [1.82, 2.24) is 4.90 Å². The summed E-state index contributed by atoms with van der Waals surface area (Å²) < 4.78 is 0.865. The van der Waals surface area contributed by atoms with Crippen LogP contribution in [0.1, 0.15) is 12.8 Å². The van der Waals surface area contributed by atoms with Crippen molar-refractivity contribution >= 4 is 51.9 Å². The molecule has 2 amide bonds. The summed E-state index contributed by atoms with van der Waals surface area (Å²) in [6, 6.07) is 5.05. The normalized spacial score (nSPS) is 16.0. The Labute approximate surface area is 135 Å². The largest absolute Gasteiger partial charge is 0.481 e. The third-order valence-electron chi connectivity index (χ3n) is 3.30. The maximum absolute atomic E-state index is 12.1. The molecule has 1 aliphatic heterocycles. The van der Waals surface area contributed by atoms with E-state index in [4.69, 9.17) is 16.7 Å². The van der Waals surface area contributed by atoms with E-state index in [0.29, 0.717) is 36.6 Å². The van der Waals surface area contributed by atoms with Crippen molar-refractivity contribution in [1.29, 1.82) is 0 Å². The number of hydrogen-bond donors (Lipinski definition) is 2. The van der Waals surface area contributed by atoms with E-state index in [1.165, 1.54) is 0 Å². The van der Waals surface area contributed by atoms with Crippen LogP contribution in [0.5, 0.6) is 0 Å². The molecule has 1 aromatic rings. The number of carboxylic acids is 1. The summed E-state index contributed by atoms with van der Waals surface area (Å²) in [6.45, 7) is 0.930. The topological polar surface area (TPSA) is 69.6 Å². The fourth-order valence-electron chi connectivity index (χ4n) is 2.11. The van der Waals surface area contributed by atoms with Crippen LogP contribution in [0.3, 0.4) is 0 Å². The average molecular weight is 409 g/mol. The lowest BCUT2D eigenvalue weighted by Crippen LogP contribution is -2.42. The van der Waals surface area contributed by atoms with Crippen molar-refractivity contribution in [2.24, 2.45) is 5.92 Å². The molecular formula is C13H14ClIN2O3. The molecule has 1 saturated heterocycles. The lowest BCUT2D eigenvalue weighted by atomic mass is 9.97. The highest BCUT2D eigenvalue weighted by Gasteiger charge is 2.27. The molecule has 1 aliphatic rings. The average Bonchev–Trinajstić information content (AvgIpc) is 2.42. The predicted molar refractivity (Wildman–Crippen MR) is 85.1 cm³/mol. The van der Waals surface area contributed by atoms with Crippen molar-refractivity contribution < 1.29 is 14.7 Å². The molecular weight excluding hydrogens is 395 g/mol. The number of benzene rings is 1. The molecule has 1 aromatic carbocycles. The van der Waals surface area contributed by atoms with Crippen LogP contribution in [0.25, 0.3) is 0 Å². The number of nitrogens with one attached hydrogen (secondary N) is 1. The number of likely N-dealkylation sites (tertiary alicyclic amines) is 1. The lowest BCUT2D eigenvalue weighted by molar-refractivity contribution is -0.143. The number of carbonyl (C=O) groups is 2. The van der Waals surface area contributed by atoms with Gasteiger partial charge in [-0.25, -0.2) is 4.79 Å². The summed E-state index contributed by atoms with van der Waals surface area (Å²) in [5.74, 6) is -1.12. The second-order valence-corrected chi connectivity index (χ2v) is 6.25. The zero-order valence-electron chi connectivity index (χ0n) is 10.6. The van der Waals surface area contributed by atoms with Gasteiger partial charge < -0.3 is 15.3 Å². The van der Waals surface area contributed by atoms with Crippen molar-refractivity contribution in [3.8, 4) is 0 Å². The Morgan fingerprint density at radius 2 is 2.00 bits per heavy atom. The summed E-state index contributed by atoms with van der Waals surface area (Å²) in [5, 5.41) is 12.4. The second-order valence-electron chi connectivity index (χ2n) is 4.65. The lowest BCUT2D eigenvalue weighted by Gasteiger charge is -2.30. The minimum Gasteiger partial charge on any atom is -0.481 e. The zero-order chi connectivity index (χ0) is 14.7. The molecule has 2 N–H and O–H groups in total. The first-order valence-electron chi connectivity index (χ1n) is 6.21. The van der Waals surface area contributed by atoms with Gasteiger partial charge in [0.1, 0.15) is 0 Å². The third kappa shape index (κ3) is 3.76. The Morgan fingerprint density at radius 1 is 1.35 bits per heavy atom. The van der Waals surface area contributed by atoms with Crippen molar-refractivity contribution in [3.63, 3.8) is 0 Å². The van der Waals surface area contributed by atoms with Gasteiger partial charge in [-0.1, -0.05) is 11.6 Å². The zero-order valence-corrected chi connectivity index (χ0v) is 13.5. The van der Waals surface area contributed by atoms with Gasteiger partial charge in [0, 0.05) is 21.7 Å². The number of carbonyl (C=O) groups excluding carboxylic acids is 1. The monoisotopic (exact) mass is 408 g/mol. The molecule has 20 heavy (non-hydrogen) atoms. The summed E-state index contributed by atoms with van der Waals surface area (Å²) in [4.78, 5) is 24.6. The van der Waals surface area contributed by atoms with Gasteiger partial charge in [-0.3, -0.25) is 4.79 Å². The van der Waals surface area contributed by atoms with Gasteiger partial charge in [0.2, 0.25) is 0 Å². The van der Waals surface area contributed by atoms with Gasteiger partial charge in [0.05, 0.1) is 11.6 Å². The molecule has 0 aliphatic carbocycles. The van der Waals surface area contributed by atoms with Crippen LogP contribution >= 0.6 is 34.2 Å². The highest BCUT2D eigenvalue weighted by molar-refractivity contribution is 14.1. The van der Waals surface area contributed by atoms with Crippen LogP contribution in [0.4, 0.5) is 10.5 Å². The number of aliphatic carboxylic acids is 1. The van der Waals surface area contributed by atoms with Gasteiger partial charge in [0.15, 0.2) is 0 Å². The SMILES string of the molecule is O=C(O)C1CCN(C(=O)Nc2ccc(Cl)cc2I)CC1. The minimum atomic E-state index is -0.780. The van der Waals surface area contributed by atoms with E-state index in [1.807, 2.05) is 0 Å². The van der Waals surface area contributed by atoms with Crippen molar-refractivity contribution in [2.45, 2.75) is 12.8 Å². The molecule has 0 radical (unpaired) electrons. The first kappa shape index (κ1) is 15.4. The predicted octanol–water partition coefficient (Wildman–Crippen LogP) is 3.27. The third-order valence-corrected chi connectivity index (χ3v) is 4.43. The molecule has 0 atom stereocenters. The van der Waals surface area contributed by atoms with Gasteiger partial charge in [-0.15, -0.1) is 0 Å². The smallest absolute Gasteiger partial charge is 0.321 e. The Hall–Kier alpha value is -1.02. The summed E-state index contributed by atoms with van der Waals surface area (Å²) in [6.07, 6.45) is 1.00. The molecule has 0 saturated carbocycles. The van der Waals surface area contributed by atoms with E-state index in [2.05, 4.69) is 27.9 Å². The Kier molecular flexibility index (Phi) is 5.09. The van der Waals surface area contributed by atoms with Crippen LogP contribution in [0.2, 0.25) is 5.02 Å². The van der Waals surface area contributed by atoms with Gasteiger partial charge in [-0.2, -0.15) is 0 Å². The molecule has 0 bridgehead atoms. The summed E-state index contributed by atoms with van der Waals surface area (Å²) >= 11 is 7.97. The van der Waals surface area contributed by atoms with E-state index in [0.717, 1.165) is 3.57 Å². The highest BCUT2D eigenvalue weighted by Crippen LogP contribution is 2.23. The number of amides is 2. The van der Waals surface area contributed by atoms with Crippen molar-refractivity contribution in [3.05, 3.63) is 26.8 Å². The standard InChI is InChI=1S/C13H14ClIN2O3/c14-9-1-2-11(10(15)7-9)16-13(20)17-5-3-8(4-6-17)12(18)19/h1-2,7-8H,3-6H2,(H,16,20)(H,18,19). The number of nitrogens with zero attached hydrogens (tertiary/aromatic N) is 1. The summed E-state index contributed by atoms with van der Waals surface area (Å²) in [7, 11) is 0. The maximum Gasteiger partial charge on any atom is 0.321 e. The molecule has 0 spiro atoms. The Morgan fingerprint density at radius 3 is 2.55 bits per heavy atom. The first-order chi connectivity index (χ1) is 9.47. The number of hydrogen-bond acceptors (Lipinski definition) is 2. The van der Waals surface area contributed by atoms with Gasteiger partial charge in [-0.05, 0) is 53.6 Å². The fourth-order valence-corrected chi connectivity index (χ4v) is 3.12. The van der Waals surface area contributed by atoms with E-state index >= 15 is 0 Å². The quantitative estimate of drug-likeness (QED) is 0.738. The molecule has 1 fully saturated rings. The maximum atomic E-state index is 12.1. The molecule has 7 heteroatoms. The van der Waals surface area contributed by atoms with Crippen LogP contribution in [-0.2, 0) is 4.79 Å². The molecule has 1 heterocycles. The number of urea groups is 1. The van der Waals surface area contributed by atoms with E-state index < -0.39 is 5.97 Å². The first-order valence-corrected chi connectivity index (χ1v) is 7.67. The highest BCUT2D eigenvalue weighted by atomic mass is 127. The fraction of sp³-hybridized carbons (Fsp3) is 0.385. The molecule has 0 unspecified atom stereocenters. The van der Waals surface area contributed by atoms with E-state index in [9.17, 15) is 9.59 Å². The molecule has 0 aromatic heterocycles.